The molecular formula is C20H20F4N8O2. The van der Waals surface area contributed by atoms with Crippen molar-refractivity contribution in [1.29, 1.82) is 0 Å². The minimum atomic E-state index is -4.86. The van der Waals surface area contributed by atoms with E-state index in [0.717, 1.165) is 25.2 Å². The summed E-state index contributed by atoms with van der Waals surface area (Å²) < 4.78 is 52.1. The van der Waals surface area contributed by atoms with Gasteiger partial charge in [-0.15, -0.1) is 0 Å². The Bertz CT molecular complexity index is 1230. The van der Waals surface area contributed by atoms with Gasteiger partial charge in [-0.25, -0.2) is 14.4 Å². The molecule has 0 aliphatic carbocycles. The molecule has 1 aromatic carbocycles. The van der Waals surface area contributed by atoms with Crippen molar-refractivity contribution < 1.29 is 27.2 Å². The molecule has 0 bridgehead atoms. The van der Waals surface area contributed by atoms with Gasteiger partial charge in [0.1, 0.15) is 23.2 Å². The van der Waals surface area contributed by atoms with E-state index >= 15 is 0 Å². The van der Waals surface area contributed by atoms with Crippen LogP contribution in [0.5, 0.6) is 0 Å². The monoisotopic (exact) mass is 480 g/mol. The number of aromatic nitrogens is 4. The van der Waals surface area contributed by atoms with E-state index in [1.54, 1.807) is 4.90 Å². The standard InChI is InChI=1S/C20H20F4N8O2/c21-12-4-3-10(6-11(12)20(22,23)24)7-27-19(34)17-15-16(28-9-29-17)18(31-30-15)26-8-14(33)32-5-1-2-13(32)25/h3-4,6,9,13H,1-2,5,7-8,25H2,(H,27,34)(H2,26,30,31). The summed E-state index contributed by atoms with van der Waals surface area (Å²) in [6.07, 6.45) is -2.49. The molecule has 1 aliphatic heterocycles. The summed E-state index contributed by atoms with van der Waals surface area (Å²) >= 11 is 0. The second kappa shape index (κ2) is 9.21. The highest BCUT2D eigenvalue weighted by atomic mass is 19.4. The first-order valence-electron chi connectivity index (χ1n) is 10.3. The van der Waals surface area contributed by atoms with Crippen LogP contribution in [-0.4, -0.2) is 56.1 Å². The highest BCUT2D eigenvalue weighted by Crippen LogP contribution is 2.32. The average Bonchev–Trinajstić information content (AvgIpc) is 3.41. The number of aromatic amines is 1. The minimum absolute atomic E-state index is 0.0537. The molecule has 0 spiro atoms. The van der Waals surface area contributed by atoms with Gasteiger partial charge in [0.2, 0.25) is 5.91 Å². The van der Waals surface area contributed by atoms with Crippen molar-refractivity contribution in [2.24, 2.45) is 5.73 Å². The predicted molar refractivity (Wildman–Crippen MR) is 112 cm³/mol. The first-order valence-corrected chi connectivity index (χ1v) is 10.3. The van der Waals surface area contributed by atoms with Gasteiger partial charge in [-0.3, -0.25) is 14.7 Å². The van der Waals surface area contributed by atoms with E-state index in [1.165, 1.54) is 0 Å². The van der Waals surface area contributed by atoms with Gasteiger partial charge in [-0.1, -0.05) is 6.07 Å². The Hall–Kier alpha value is -3.81. The highest BCUT2D eigenvalue weighted by molar-refractivity contribution is 6.05. The Kier molecular flexibility index (Phi) is 6.32. The lowest BCUT2D eigenvalue weighted by Gasteiger charge is -2.21. The van der Waals surface area contributed by atoms with E-state index in [9.17, 15) is 27.2 Å². The summed E-state index contributed by atoms with van der Waals surface area (Å²) in [6.45, 7) is 0.205. The number of nitrogens with one attached hydrogen (secondary N) is 3. The molecule has 1 unspecified atom stereocenters. The van der Waals surface area contributed by atoms with Crippen molar-refractivity contribution in [2.75, 3.05) is 18.4 Å². The summed E-state index contributed by atoms with van der Waals surface area (Å²) in [4.78, 5) is 34.5. The van der Waals surface area contributed by atoms with E-state index in [4.69, 9.17) is 5.73 Å². The second-order valence-electron chi connectivity index (χ2n) is 7.66. The van der Waals surface area contributed by atoms with Gasteiger partial charge >= 0.3 is 6.18 Å². The van der Waals surface area contributed by atoms with Crippen LogP contribution in [0.1, 0.15) is 34.5 Å². The normalized spacial score (nSPS) is 16.1. The van der Waals surface area contributed by atoms with Crippen LogP contribution in [-0.2, 0) is 17.5 Å². The third kappa shape index (κ3) is 4.76. The number of nitrogens with zero attached hydrogens (tertiary/aromatic N) is 4. The van der Waals surface area contributed by atoms with Crippen LogP contribution >= 0.6 is 0 Å². The summed E-state index contributed by atoms with van der Waals surface area (Å²) in [5.41, 5.74) is 4.85. The van der Waals surface area contributed by atoms with Crippen molar-refractivity contribution in [1.82, 2.24) is 30.4 Å². The van der Waals surface area contributed by atoms with Gasteiger partial charge in [-0.05, 0) is 30.5 Å². The van der Waals surface area contributed by atoms with Crippen LogP contribution < -0.4 is 16.4 Å². The molecular weight excluding hydrogens is 460 g/mol. The summed E-state index contributed by atoms with van der Waals surface area (Å²) in [5.74, 6) is -2.09. The molecule has 0 saturated carbocycles. The zero-order valence-electron chi connectivity index (χ0n) is 17.6. The number of alkyl halides is 3. The lowest BCUT2D eigenvalue weighted by atomic mass is 10.1. The maximum atomic E-state index is 13.5. The van der Waals surface area contributed by atoms with Gasteiger partial charge in [-0.2, -0.15) is 18.3 Å². The second-order valence-corrected chi connectivity index (χ2v) is 7.66. The van der Waals surface area contributed by atoms with E-state index < -0.39 is 23.5 Å². The number of carbonyl (C=O) groups excluding carboxylic acids is 2. The molecule has 1 fully saturated rings. The molecule has 14 heteroatoms. The van der Waals surface area contributed by atoms with Crippen LogP contribution in [0.15, 0.2) is 24.5 Å². The van der Waals surface area contributed by atoms with Gasteiger partial charge in [0.05, 0.1) is 18.3 Å². The van der Waals surface area contributed by atoms with Gasteiger partial charge in [0.25, 0.3) is 5.91 Å². The average molecular weight is 480 g/mol. The van der Waals surface area contributed by atoms with E-state index in [0.29, 0.717) is 18.7 Å². The van der Waals surface area contributed by atoms with Gasteiger partial charge < -0.3 is 21.3 Å². The smallest absolute Gasteiger partial charge is 0.358 e. The molecule has 180 valence electrons. The number of carbonyl (C=O) groups is 2. The molecule has 3 aromatic rings. The molecule has 2 aromatic heterocycles. The van der Waals surface area contributed by atoms with Crippen LogP contribution in [0.2, 0.25) is 0 Å². The number of hydrogen-bond acceptors (Lipinski definition) is 7. The van der Waals surface area contributed by atoms with Crippen LogP contribution in [0.4, 0.5) is 23.4 Å². The number of likely N-dealkylation sites (tertiary alicyclic amines) is 1. The third-order valence-corrected chi connectivity index (χ3v) is 5.38. The van der Waals surface area contributed by atoms with Crippen molar-refractivity contribution in [3.05, 3.63) is 47.2 Å². The summed E-state index contributed by atoms with van der Waals surface area (Å²) in [7, 11) is 0. The predicted octanol–water partition coefficient (Wildman–Crippen LogP) is 1.76. The fourth-order valence-electron chi connectivity index (χ4n) is 3.66. The molecule has 1 aliphatic rings. The number of nitrogens with two attached hydrogens (primary N) is 1. The number of amides is 2. The molecule has 34 heavy (non-hydrogen) atoms. The molecule has 1 atom stereocenters. The maximum absolute atomic E-state index is 13.5. The lowest BCUT2D eigenvalue weighted by molar-refractivity contribution is -0.140. The summed E-state index contributed by atoms with van der Waals surface area (Å²) in [5, 5.41) is 12.0. The number of rotatable bonds is 6. The number of halogens is 4. The lowest BCUT2D eigenvalue weighted by Crippen LogP contribution is -2.43. The highest BCUT2D eigenvalue weighted by Gasteiger charge is 2.34. The molecule has 3 heterocycles. The maximum Gasteiger partial charge on any atom is 0.419 e. The Morgan fingerprint density at radius 1 is 1.26 bits per heavy atom. The third-order valence-electron chi connectivity index (χ3n) is 5.38. The molecule has 10 nitrogen and oxygen atoms in total. The van der Waals surface area contributed by atoms with E-state index in [-0.39, 0.29) is 53.3 Å². The fourth-order valence-corrected chi connectivity index (χ4v) is 3.66. The molecule has 2 amide bonds. The molecule has 1 saturated heterocycles. The van der Waals surface area contributed by atoms with E-state index in [2.05, 4.69) is 30.8 Å². The number of fused-ring (bicyclic) bond motifs is 1. The van der Waals surface area contributed by atoms with Crippen LogP contribution in [0.25, 0.3) is 11.0 Å². The van der Waals surface area contributed by atoms with Crippen LogP contribution in [0, 0.1) is 5.82 Å². The molecule has 0 radical (unpaired) electrons. The Labute approximate surface area is 189 Å². The zero-order valence-corrected chi connectivity index (χ0v) is 17.6. The first kappa shape index (κ1) is 23.4. The topological polar surface area (TPSA) is 142 Å². The van der Waals surface area contributed by atoms with Crippen LogP contribution in [0.3, 0.4) is 0 Å². The van der Waals surface area contributed by atoms with E-state index in [1.807, 2.05) is 0 Å². The zero-order chi connectivity index (χ0) is 24.5. The number of benzene rings is 1. The molecule has 4 rings (SSSR count). The summed E-state index contributed by atoms with van der Waals surface area (Å²) in [6, 6.07) is 2.46. The van der Waals surface area contributed by atoms with Gasteiger partial charge in [0, 0.05) is 13.1 Å². The largest absolute Gasteiger partial charge is 0.419 e. The Morgan fingerprint density at radius 3 is 2.76 bits per heavy atom. The first-order chi connectivity index (χ1) is 16.1. The molecule has 5 N–H and O–H groups in total. The number of hydrogen-bond donors (Lipinski definition) is 4. The Balaban J connectivity index is 1.45. The van der Waals surface area contributed by atoms with Crippen molar-refractivity contribution in [2.45, 2.75) is 31.7 Å². The SMILES string of the molecule is NC1CCCN1C(=O)CNc1n[nH]c2c(C(=O)NCc3ccc(F)c(C(F)(F)F)c3)ncnc12. The van der Waals surface area contributed by atoms with Crippen molar-refractivity contribution in [3.8, 4) is 0 Å². The Morgan fingerprint density at radius 2 is 2.06 bits per heavy atom. The number of anilines is 1. The fraction of sp³-hybridized carbons (Fsp3) is 0.350. The number of H-pyrrole nitrogens is 1. The van der Waals surface area contributed by atoms with Crippen molar-refractivity contribution in [3.63, 3.8) is 0 Å². The minimum Gasteiger partial charge on any atom is -0.358 e. The quantitative estimate of drug-likeness (QED) is 0.394. The van der Waals surface area contributed by atoms with Crippen molar-refractivity contribution >= 4 is 28.7 Å². The van der Waals surface area contributed by atoms with Gasteiger partial charge in [0.15, 0.2) is 11.5 Å².